The van der Waals surface area contributed by atoms with Crippen molar-refractivity contribution in [3.05, 3.63) is 21.0 Å². The van der Waals surface area contributed by atoms with Crippen molar-refractivity contribution in [1.82, 2.24) is 0 Å². The van der Waals surface area contributed by atoms with Crippen molar-refractivity contribution in [3.8, 4) is 0 Å². The molecule has 2 aliphatic rings. The Morgan fingerprint density at radius 1 is 1.00 bits per heavy atom. The van der Waals surface area contributed by atoms with E-state index in [1.807, 2.05) is 0 Å². The predicted molar refractivity (Wildman–Crippen MR) is 94.0 cm³/mol. The van der Waals surface area contributed by atoms with Crippen LogP contribution in [0, 0.1) is 0 Å². The molecule has 19 heavy (non-hydrogen) atoms. The van der Waals surface area contributed by atoms with Gasteiger partial charge in [-0.1, -0.05) is 0 Å². The third kappa shape index (κ3) is 5.31. The van der Waals surface area contributed by atoms with Crippen LogP contribution < -0.4 is 0 Å². The van der Waals surface area contributed by atoms with Crippen molar-refractivity contribution in [1.29, 1.82) is 0 Å². The molecule has 0 aromatic carbocycles. The number of hydrogen-bond acceptors (Lipinski definition) is 2. The second-order valence-electron chi connectivity index (χ2n) is 5.17. The van der Waals surface area contributed by atoms with Gasteiger partial charge in [-0.2, -0.15) is 0 Å². The minimum atomic E-state index is 0.605. The summed E-state index contributed by atoms with van der Waals surface area (Å²) in [4.78, 5) is 4.97. The average molecular weight is 485 g/mol. The van der Waals surface area contributed by atoms with E-state index >= 15 is 0 Å². The third-order valence-corrected chi connectivity index (χ3v) is 8.34. The Kier molecular flexibility index (Phi) is 5.79. The summed E-state index contributed by atoms with van der Waals surface area (Å²) in [7, 11) is 0. The molecule has 0 aliphatic carbocycles. The molecule has 3 heterocycles. The molecule has 2 atom stereocenters. The maximum absolute atomic E-state index is 3.32. The van der Waals surface area contributed by atoms with Crippen LogP contribution in [0.2, 0.25) is 0 Å². The Morgan fingerprint density at radius 2 is 1.42 bits per heavy atom. The topological polar surface area (TPSA) is 0 Å². The molecular formula is C14H16S2Se3. The van der Waals surface area contributed by atoms with Crippen LogP contribution in [0.1, 0.15) is 24.0 Å². The van der Waals surface area contributed by atoms with E-state index < -0.39 is 0 Å². The molecule has 0 spiro atoms. The summed E-state index contributed by atoms with van der Waals surface area (Å²) < 4.78 is 3.12. The molecule has 0 N–H and O–H groups in total. The fourth-order valence-electron chi connectivity index (χ4n) is 2.11. The maximum atomic E-state index is 3.32. The molecule has 0 amide bonds. The summed E-state index contributed by atoms with van der Waals surface area (Å²) in [6, 6.07) is 0. The van der Waals surface area contributed by atoms with Crippen molar-refractivity contribution in [2.24, 2.45) is 0 Å². The molecule has 102 valence electrons. The minimum absolute atomic E-state index is 0.605. The van der Waals surface area contributed by atoms with E-state index in [4.69, 9.17) is 0 Å². The first-order valence-corrected chi connectivity index (χ1v) is 12.3. The first kappa shape index (κ1) is 15.4. The van der Waals surface area contributed by atoms with Crippen LogP contribution in [0.5, 0.6) is 0 Å². The van der Waals surface area contributed by atoms with Gasteiger partial charge in [0.25, 0.3) is 0 Å². The molecule has 0 nitrogen and oxygen atoms in total. The fraction of sp³-hybridized carbons (Fsp3) is 0.571. The van der Waals surface area contributed by atoms with Gasteiger partial charge in [-0.25, -0.2) is 0 Å². The molecule has 3 rings (SSSR count). The molecular weight excluding hydrogens is 469 g/mol. The van der Waals surface area contributed by atoms with Gasteiger partial charge < -0.3 is 0 Å². The third-order valence-electron chi connectivity index (χ3n) is 3.32. The van der Waals surface area contributed by atoms with Crippen molar-refractivity contribution >= 4 is 78.0 Å². The second kappa shape index (κ2) is 7.16. The van der Waals surface area contributed by atoms with Crippen molar-refractivity contribution < 1.29 is 0 Å². The molecule has 1 aromatic rings. The summed E-state index contributed by atoms with van der Waals surface area (Å²) in [5.74, 6) is 2.75. The van der Waals surface area contributed by atoms with Gasteiger partial charge >= 0.3 is 147 Å². The van der Waals surface area contributed by atoms with Crippen LogP contribution in [0.25, 0.3) is 0 Å². The van der Waals surface area contributed by atoms with E-state index in [0.717, 1.165) is 10.5 Å². The zero-order chi connectivity index (χ0) is 13.2. The molecule has 0 saturated carbocycles. The van der Waals surface area contributed by atoms with E-state index in [9.17, 15) is 0 Å². The molecule has 2 saturated heterocycles. The Labute approximate surface area is 145 Å². The Bertz CT molecular complexity index is 444. The van der Waals surface area contributed by atoms with Crippen molar-refractivity contribution in [3.63, 3.8) is 0 Å². The molecule has 2 aliphatic heterocycles. The average Bonchev–Trinajstić information content (AvgIpc) is 3.25. The molecule has 1 aromatic heterocycles. The predicted octanol–water partition coefficient (Wildman–Crippen LogP) is 1.52. The van der Waals surface area contributed by atoms with Crippen LogP contribution in [-0.4, -0.2) is 76.5 Å². The molecule has 5 heteroatoms. The van der Waals surface area contributed by atoms with Gasteiger partial charge in [-0.3, -0.25) is 0 Å². The molecule has 0 radical (unpaired) electrons. The van der Waals surface area contributed by atoms with Gasteiger partial charge in [0.2, 0.25) is 0 Å². The number of rotatable bonds is 8. The van der Waals surface area contributed by atoms with Crippen LogP contribution in [0.15, 0.2) is 9.88 Å². The zero-order valence-electron chi connectivity index (χ0n) is 10.6. The molecule has 2 fully saturated rings. The fourth-order valence-corrected chi connectivity index (χ4v) is 7.04. The molecule has 2 unspecified atom stereocenters. The van der Waals surface area contributed by atoms with Gasteiger partial charge in [0.05, 0.1) is 0 Å². The summed E-state index contributed by atoms with van der Waals surface area (Å²) >= 11 is 11.4. The van der Waals surface area contributed by atoms with E-state index in [0.29, 0.717) is 14.5 Å². The Morgan fingerprint density at radius 3 is 1.79 bits per heavy atom. The Hall–Kier alpha value is 1.48. The van der Waals surface area contributed by atoms with E-state index in [1.165, 1.54) is 37.2 Å². The summed E-state index contributed by atoms with van der Waals surface area (Å²) in [5.41, 5.74) is 3.21. The van der Waals surface area contributed by atoms with Gasteiger partial charge in [-0.05, 0) is 0 Å². The monoisotopic (exact) mass is 488 g/mol. The quantitative estimate of drug-likeness (QED) is 0.405. The van der Waals surface area contributed by atoms with Gasteiger partial charge in [0, 0.05) is 0 Å². The molecule has 0 bridgehead atoms. The SMILES string of the molecule is [Se]=C(Cc1c[se]cc1CC(=[Se])CC1CS1)CC1CS1. The second-order valence-corrected chi connectivity index (χ2v) is 11.8. The standard InChI is InChI=1S/C14H16S2Se3/c17-13(3-11-5-15-11)1-9-7-19-8-10(9)2-14(18)4-12-6-16-12/h7-8,11-12H,1-6H2. The van der Waals surface area contributed by atoms with Gasteiger partial charge in [0.15, 0.2) is 0 Å². The summed E-state index contributed by atoms with van der Waals surface area (Å²) in [6.07, 6.45) is 4.93. The Balaban J connectivity index is 1.54. The van der Waals surface area contributed by atoms with Gasteiger partial charge in [0.1, 0.15) is 0 Å². The van der Waals surface area contributed by atoms with Gasteiger partial charge in [-0.15, -0.1) is 0 Å². The zero-order valence-corrected chi connectivity index (χ0v) is 17.4. The van der Waals surface area contributed by atoms with Crippen LogP contribution in [0.3, 0.4) is 0 Å². The van der Waals surface area contributed by atoms with E-state index in [1.54, 1.807) is 20.0 Å². The van der Waals surface area contributed by atoms with Crippen LogP contribution >= 0.6 is 23.5 Å². The first-order chi connectivity index (χ1) is 9.20. The summed E-state index contributed by atoms with van der Waals surface area (Å²) in [6.45, 7) is 0. The van der Waals surface area contributed by atoms with E-state index in [2.05, 4.69) is 64.6 Å². The number of thioether (sulfide) groups is 2. The first-order valence-electron chi connectivity index (χ1n) is 6.51. The summed E-state index contributed by atoms with van der Waals surface area (Å²) in [5, 5.41) is 1.84. The number of hydrogen-bond donors (Lipinski definition) is 0. The van der Waals surface area contributed by atoms with Crippen molar-refractivity contribution in [2.45, 2.75) is 36.2 Å². The van der Waals surface area contributed by atoms with E-state index in [-0.39, 0.29) is 0 Å². The van der Waals surface area contributed by atoms with Crippen molar-refractivity contribution in [2.75, 3.05) is 11.5 Å². The normalized spacial score (nSPS) is 24.2. The van der Waals surface area contributed by atoms with Crippen LogP contribution in [-0.2, 0) is 12.8 Å². The van der Waals surface area contributed by atoms with Crippen LogP contribution in [0.4, 0.5) is 0 Å².